The van der Waals surface area contributed by atoms with Crippen molar-refractivity contribution in [1.82, 2.24) is 0 Å². The molecule has 2 heteroatoms. The van der Waals surface area contributed by atoms with E-state index in [1.54, 1.807) is 0 Å². The largest absolute Gasteiger partial charge is 0.251 e. The molecule has 2 aliphatic rings. The minimum Gasteiger partial charge on any atom is -0.251 e. The zero-order chi connectivity index (χ0) is 10.3. The van der Waals surface area contributed by atoms with Crippen molar-refractivity contribution in [3.63, 3.8) is 0 Å². The maximum Gasteiger partial charge on any atom is 0.124 e. The molecule has 0 aliphatic heterocycles. The Morgan fingerprint density at radius 1 is 1.20 bits per heavy atom. The summed E-state index contributed by atoms with van der Waals surface area (Å²) < 4.78 is 0. The molecule has 3 rings (SSSR count). The van der Waals surface area contributed by atoms with Crippen molar-refractivity contribution in [3.8, 4) is 0 Å². The summed E-state index contributed by atoms with van der Waals surface area (Å²) in [5.41, 5.74) is 2.35. The molecule has 1 aromatic carbocycles. The summed E-state index contributed by atoms with van der Waals surface area (Å²) in [7, 11) is 0. The normalized spacial score (nSPS) is 26.7. The molecule has 78 valence electrons. The molecule has 0 aromatic heterocycles. The predicted octanol–water partition coefficient (Wildman–Crippen LogP) is 3.12. The van der Waals surface area contributed by atoms with Gasteiger partial charge in [-0.1, -0.05) is 36.4 Å². The molecule has 0 amide bonds. The lowest BCUT2D eigenvalue weighted by atomic mass is 9.78. The van der Waals surface area contributed by atoms with E-state index in [0.29, 0.717) is 5.92 Å². The fraction of sp³-hybridized carbons (Fsp3) is 0.385. The van der Waals surface area contributed by atoms with Crippen LogP contribution in [0.2, 0.25) is 0 Å². The first-order valence-corrected chi connectivity index (χ1v) is 5.43. The maximum absolute atomic E-state index is 8.81. The molecular formula is C13H14O2. The summed E-state index contributed by atoms with van der Waals surface area (Å²) >= 11 is 0. The average molecular weight is 202 g/mol. The Bertz CT molecular complexity index is 390. The van der Waals surface area contributed by atoms with Crippen LogP contribution in [0.5, 0.6) is 0 Å². The van der Waals surface area contributed by atoms with Crippen molar-refractivity contribution < 1.29 is 10.1 Å². The van der Waals surface area contributed by atoms with Crippen LogP contribution in [0.3, 0.4) is 0 Å². The van der Waals surface area contributed by atoms with E-state index in [-0.39, 0.29) is 5.60 Å². The molecule has 0 saturated heterocycles. The number of hydrogen-bond acceptors (Lipinski definition) is 2. The predicted molar refractivity (Wildman–Crippen MR) is 57.6 cm³/mol. The van der Waals surface area contributed by atoms with Crippen LogP contribution in [0, 0.1) is 0 Å². The molecule has 1 aromatic rings. The van der Waals surface area contributed by atoms with Gasteiger partial charge < -0.3 is 0 Å². The number of benzene rings is 1. The summed E-state index contributed by atoms with van der Waals surface area (Å²) in [5.74, 6) is 0.522. The third-order valence-corrected chi connectivity index (χ3v) is 3.53. The second-order valence-electron chi connectivity index (χ2n) is 4.50. The van der Waals surface area contributed by atoms with E-state index in [1.807, 2.05) is 6.07 Å². The zero-order valence-corrected chi connectivity index (χ0v) is 8.52. The van der Waals surface area contributed by atoms with Gasteiger partial charge in [0.2, 0.25) is 0 Å². The first-order chi connectivity index (χ1) is 7.34. The van der Waals surface area contributed by atoms with E-state index in [1.165, 1.54) is 11.1 Å². The summed E-state index contributed by atoms with van der Waals surface area (Å²) in [6.45, 7) is 0. The lowest BCUT2D eigenvalue weighted by molar-refractivity contribution is -0.281. The van der Waals surface area contributed by atoms with Gasteiger partial charge >= 0.3 is 0 Å². The average Bonchev–Trinajstić information content (AvgIpc) is 2.98. The summed E-state index contributed by atoms with van der Waals surface area (Å²) in [4.78, 5) is 4.57. The lowest BCUT2D eigenvalue weighted by Crippen LogP contribution is -2.23. The highest BCUT2D eigenvalue weighted by Gasteiger charge is 2.51. The van der Waals surface area contributed by atoms with Gasteiger partial charge in [0.15, 0.2) is 0 Å². The van der Waals surface area contributed by atoms with Gasteiger partial charge in [-0.05, 0) is 30.4 Å². The van der Waals surface area contributed by atoms with Crippen molar-refractivity contribution >= 4 is 0 Å². The van der Waals surface area contributed by atoms with Crippen LogP contribution in [0.25, 0.3) is 0 Å². The van der Waals surface area contributed by atoms with Crippen molar-refractivity contribution in [1.29, 1.82) is 0 Å². The van der Waals surface area contributed by atoms with Crippen LogP contribution in [-0.2, 0) is 4.89 Å². The third kappa shape index (κ3) is 1.41. The van der Waals surface area contributed by atoms with E-state index in [2.05, 4.69) is 35.2 Å². The van der Waals surface area contributed by atoms with Gasteiger partial charge in [0.1, 0.15) is 5.60 Å². The topological polar surface area (TPSA) is 29.5 Å². The summed E-state index contributed by atoms with van der Waals surface area (Å²) in [6, 6.07) is 10.5. The van der Waals surface area contributed by atoms with Crippen LogP contribution >= 0.6 is 0 Å². The van der Waals surface area contributed by atoms with E-state index >= 15 is 0 Å². The minimum absolute atomic E-state index is 0.286. The van der Waals surface area contributed by atoms with Gasteiger partial charge in [-0.25, -0.2) is 4.89 Å². The summed E-state index contributed by atoms with van der Waals surface area (Å²) in [5, 5.41) is 8.81. The van der Waals surface area contributed by atoms with Crippen LogP contribution in [0.15, 0.2) is 42.0 Å². The first-order valence-electron chi connectivity index (χ1n) is 5.43. The second-order valence-corrected chi connectivity index (χ2v) is 4.50. The zero-order valence-electron chi connectivity index (χ0n) is 8.52. The molecule has 15 heavy (non-hydrogen) atoms. The van der Waals surface area contributed by atoms with Gasteiger partial charge in [0, 0.05) is 5.92 Å². The Kier molecular flexibility index (Phi) is 1.94. The number of allylic oxidation sites excluding steroid dienone is 1. The molecule has 1 fully saturated rings. The molecule has 1 unspecified atom stereocenters. The van der Waals surface area contributed by atoms with Crippen molar-refractivity contribution in [2.45, 2.75) is 30.8 Å². The van der Waals surface area contributed by atoms with E-state index in [9.17, 15) is 0 Å². The molecule has 1 atom stereocenters. The van der Waals surface area contributed by atoms with Gasteiger partial charge in [0.05, 0.1) is 0 Å². The van der Waals surface area contributed by atoms with Crippen molar-refractivity contribution in [2.24, 2.45) is 0 Å². The summed E-state index contributed by atoms with van der Waals surface area (Å²) in [6.07, 6.45) is 5.21. The Hall–Kier alpha value is -1.12. The highest BCUT2D eigenvalue weighted by molar-refractivity contribution is 5.40. The standard InChI is InChI=1S/C13H14O2/c14-15-13(6-7-13)12-8-11(9-12)10-4-2-1-3-5-10/h1-5,8,11,14H,6-7,9H2. The number of rotatable bonds is 3. The fourth-order valence-corrected chi connectivity index (χ4v) is 2.28. The van der Waals surface area contributed by atoms with Crippen LogP contribution < -0.4 is 0 Å². The van der Waals surface area contributed by atoms with Crippen molar-refractivity contribution in [3.05, 3.63) is 47.5 Å². The highest BCUT2D eigenvalue weighted by Crippen LogP contribution is 2.53. The molecule has 2 nitrogen and oxygen atoms in total. The molecule has 0 radical (unpaired) electrons. The van der Waals surface area contributed by atoms with Crippen LogP contribution in [0.4, 0.5) is 0 Å². The quantitative estimate of drug-likeness (QED) is 0.463. The van der Waals surface area contributed by atoms with E-state index < -0.39 is 0 Å². The Balaban J connectivity index is 1.76. The lowest BCUT2D eigenvalue weighted by Gasteiger charge is -2.30. The van der Waals surface area contributed by atoms with Crippen LogP contribution in [-0.4, -0.2) is 10.9 Å². The molecular weight excluding hydrogens is 188 g/mol. The van der Waals surface area contributed by atoms with Gasteiger partial charge in [-0.3, -0.25) is 5.26 Å². The Morgan fingerprint density at radius 2 is 1.87 bits per heavy atom. The SMILES string of the molecule is OOC1(C2=CC(c3ccccc3)C2)CC1. The van der Waals surface area contributed by atoms with Gasteiger partial charge in [0.25, 0.3) is 0 Å². The third-order valence-electron chi connectivity index (χ3n) is 3.53. The molecule has 1 saturated carbocycles. The Labute approximate surface area is 89.1 Å². The van der Waals surface area contributed by atoms with Crippen molar-refractivity contribution in [2.75, 3.05) is 0 Å². The fourth-order valence-electron chi connectivity index (χ4n) is 2.28. The highest BCUT2D eigenvalue weighted by atomic mass is 17.1. The number of hydrogen-bond donors (Lipinski definition) is 1. The van der Waals surface area contributed by atoms with Gasteiger partial charge in [-0.2, -0.15) is 0 Å². The molecule has 0 heterocycles. The smallest absolute Gasteiger partial charge is 0.124 e. The second kappa shape index (κ2) is 3.19. The monoisotopic (exact) mass is 202 g/mol. The van der Waals surface area contributed by atoms with Crippen LogP contribution in [0.1, 0.15) is 30.7 Å². The van der Waals surface area contributed by atoms with E-state index in [0.717, 1.165) is 19.3 Å². The molecule has 0 bridgehead atoms. The Morgan fingerprint density at radius 3 is 2.40 bits per heavy atom. The maximum atomic E-state index is 8.81. The first kappa shape index (κ1) is 9.13. The minimum atomic E-state index is -0.286. The molecule has 1 N–H and O–H groups in total. The van der Waals surface area contributed by atoms with E-state index in [4.69, 9.17) is 5.26 Å². The van der Waals surface area contributed by atoms with Gasteiger partial charge in [-0.15, -0.1) is 0 Å². The molecule has 2 aliphatic carbocycles. The molecule has 0 spiro atoms.